The molecule has 2 unspecified atom stereocenters. The van der Waals surface area contributed by atoms with Crippen molar-refractivity contribution in [2.75, 3.05) is 19.4 Å². The molecule has 0 amide bonds. The number of nitrogens with zero attached hydrogens (tertiary/aromatic N) is 1. The summed E-state index contributed by atoms with van der Waals surface area (Å²) in [6, 6.07) is 8.92. The fourth-order valence-electron chi connectivity index (χ4n) is 2.74. The van der Waals surface area contributed by atoms with E-state index in [-0.39, 0.29) is 0 Å². The van der Waals surface area contributed by atoms with Gasteiger partial charge in [0.15, 0.2) is 0 Å². The van der Waals surface area contributed by atoms with Crippen molar-refractivity contribution in [3.8, 4) is 5.75 Å². The van der Waals surface area contributed by atoms with Crippen molar-refractivity contribution in [1.29, 1.82) is 0 Å². The third-order valence-electron chi connectivity index (χ3n) is 3.84. The minimum absolute atomic E-state index is 0.363. The van der Waals surface area contributed by atoms with Gasteiger partial charge < -0.3 is 4.74 Å². The van der Waals surface area contributed by atoms with Crippen LogP contribution < -0.4 is 4.74 Å². The lowest BCUT2D eigenvalue weighted by Gasteiger charge is -2.38. The van der Waals surface area contributed by atoms with Crippen LogP contribution in [0.3, 0.4) is 0 Å². The molecule has 0 aromatic heterocycles. The molecule has 0 saturated carbocycles. The largest absolute Gasteiger partial charge is 0.497 e. The summed E-state index contributed by atoms with van der Waals surface area (Å²) in [5, 5.41) is 0.363. The molecule has 1 aromatic rings. The lowest BCUT2D eigenvalue weighted by Crippen LogP contribution is -2.45. The molecule has 106 valence electrons. The minimum Gasteiger partial charge on any atom is -0.497 e. The summed E-state index contributed by atoms with van der Waals surface area (Å²) < 4.78 is 5.20. The normalized spacial score (nSPS) is 22.2. The predicted molar refractivity (Wildman–Crippen MR) is 87.7 cm³/mol. The van der Waals surface area contributed by atoms with Crippen LogP contribution in [0, 0.1) is 0 Å². The van der Waals surface area contributed by atoms with Gasteiger partial charge in [-0.2, -0.15) is 25.3 Å². The molecule has 1 fully saturated rings. The van der Waals surface area contributed by atoms with E-state index >= 15 is 0 Å². The lowest BCUT2D eigenvalue weighted by molar-refractivity contribution is 0.141. The molecule has 0 aliphatic carbocycles. The van der Waals surface area contributed by atoms with E-state index in [1.54, 1.807) is 7.11 Å². The van der Waals surface area contributed by atoms with Gasteiger partial charge in [0.05, 0.1) is 7.11 Å². The highest BCUT2D eigenvalue weighted by Gasteiger charge is 2.27. The molecule has 1 saturated heterocycles. The van der Waals surface area contributed by atoms with E-state index in [2.05, 4.69) is 29.7 Å². The SMILES string of the molecule is COc1ccc(CN2CCCCC2C(S)CS)cc1. The van der Waals surface area contributed by atoms with E-state index in [9.17, 15) is 0 Å². The zero-order chi connectivity index (χ0) is 13.7. The van der Waals surface area contributed by atoms with Crippen molar-refractivity contribution in [3.63, 3.8) is 0 Å². The summed E-state index contributed by atoms with van der Waals surface area (Å²) in [6.07, 6.45) is 3.85. The Hall–Kier alpha value is -0.320. The average molecular weight is 297 g/mol. The van der Waals surface area contributed by atoms with Crippen molar-refractivity contribution in [1.82, 2.24) is 4.90 Å². The summed E-state index contributed by atoms with van der Waals surface area (Å²) in [5.41, 5.74) is 1.34. The number of hydrogen-bond acceptors (Lipinski definition) is 4. The van der Waals surface area contributed by atoms with E-state index in [0.717, 1.165) is 18.0 Å². The number of methoxy groups -OCH3 is 1. The highest BCUT2D eigenvalue weighted by Crippen LogP contribution is 2.25. The maximum atomic E-state index is 5.20. The standard InChI is InChI=1S/C15H23NOS2/c1-17-13-7-5-12(6-8-13)10-16-9-3-2-4-14(16)15(19)11-18/h5-8,14-15,18-19H,2-4,9-11H2,1H3. The zero-order valence-electron chi connectivity index (χ0n) is 11.5. The van der Waals surface area contributed by atoms with Crippen molar-refractivity contribution in [2.45, 2.75) is 37.1 Å². The molecule has 1 aromatic carbocycles. The second-order valence-electron chi connectivity index (χ2n) is 5.13. The monoisotopic (exact) mass is 297 g/mol. The summed E-state index contributed by atoms with van der Waals surface area (Å²) in [5.74, 6) is 1.76. The van der Waals surface area contributed by atoms with Gasteiger partial charge >= 0.3 is 0 Å². The van der Waals surface area contributed by atoms with Crippen LogP contribution in [0.15, 0.2) is 24.3 Å². The van der Waals surface area contributed by atoms with Crippen LogP contribution in [0.2, 0.25) is 0 Å². The molecule has 1 aliphatic heterocycles. The van der Waals surface area contributed by atoms with Gasteiger partial charge in [-0.05, 0) is 37.1 Å². The van der Waals surface area contributed by atoms with Crippen molar-refractivity contribution in [2.24, 2.45) is 0 Å². The number of rotatable bonds is 5. The summed E-state index contributed by atoms with van der Waals surface area (Å²) in [4.78, 5) is 2.55. The molecule has 0 spiro atoms. The summed E-state index contributed by atoms with van der Waals surface area (Å²) >= 11 is 9.09. The second kappa shape index (κ2) is 7.46. The van der Waals surface area contributed by atoms with Crippen LogP contribution in [-0.2, 0) is 6.54 Å². The van der Waals surface area contributed by atoms with Crippen molar-refractivity contribution < 1.29 is 4.74 Å². The fourth-order valence-corrected chi connectivity index (χ4v) is 3.32. The Morgan fingerprint density at radius 1 is 1.32 bits per heavy atom. The van der Waals surface area contributed by atoms with Gasteiger partial charge in [-0.25, -0.2) is 0 Å². The molecule has 1 aliphatic rings. The van der Waals surface area contributed by atoms with Crippen LogP contribution in [0.1, 0.15) is 24.8 Å². The van der Waals surface area contributed by atoms with Gasteiger partial charge in [-0.15, -0.1) is 0 Å². The maximum absolute atomic E-state index is 5.20. The molecular weight excluding hydrogens is 274 g/mol. The molecule has 0 radical (unpaired) electrons. The molecule has 2 nitrogen and oxygen atoms in total. The maximum Gasteiger partial charge on any atom is 0.118 e. The van der Waals surface area contributed by atoms with Gasteiger partial charge in [0.1, 0.15) is 5.75 Å². The highest BCUT2D eigenvalue weighted by molar-refractivity contribution is 7.84. The minimum atomic E-state index is 0.363. The van der Waals surface area contributed by atoms with Crippen molar-refractivity contribution >= 4 is 25.3 Å². The Balaban J connectivity index is 2.01. The summed E-state index contributed by atoms with van der Waals surface area (Å²) in [6.45, 7) is 2.17. The van der Waals surface area contributed by atoms with Gasteiger partial charge in [-0.1, -0.05) is 18.6 Å². The number of likely N-dealkylation sites (tertiary alicyclic amines) is 1. The average Bonchev–Trinajstić information content (AvgIpc) is 2.48. The molecule has 2 rings (SSSR count). The Morgan fingerprint density at radius 2 is 2.05 bits per heavy atom. The summed E-state index contributed by atoms with van der Waals surface area (Å²) in [7, 11) is 1.70. The molecule has 19 heavy (non-hydrogen) atoms. The smallest absolute Gasteiger partial charge is 0.118 e. The van der Waals surface area contributed by atoms with Gasteiger partial charge in [0.2, 0.25) is 0 Å². The third-order valence-corrected chi connectivity index (χ3v) is 5.05. The van der Waals surface area contributed by atoms with E-state index in [1.807, 2.05) is 12.1 Å². The zero-order valence-corrected chi connectivity index (χ0v) is 13.2. The Kier molecular flexibility index (Phi) is 5.92. The number of benzene rings is 1. The van der Waals surface area contributed by atoms with E-state index in [1.165, 1.54) is 31.4 Å². The van der Waals surface area contributed by atoms with Crippen LogP contribution in [0.4, 0.5) is 0 Å². The van der Waals surface area contributed by atoms with Gasteiger partial charge in [0, 0.05) is 23.6 Å². The lowest BCUT2D eigenvalue weighted by atomic mass is 9.98. The van der Waals surface area contributed by atoms with E-state index < -0.39 is 0 Å². The van der Waals surface area contributed by atoms with Crippen molar-refractivity contribution in [3.05, 3.63) is 29.8 Å². The number of hydrogen-bond donors (Lipinski definition) is 2. The number of piperidine rings is 1. The first-order valence-corrected chi connectivity index (χ1v) is 8.05. The van der Waals surface area contributed by atoms with Gasteiger partial charge in [-0.3, -0.25) is 4.90 Å². The van der Waals surface area contributed by atoms with Crippen LogP contribution in [0.5, 0.6) is 5.75 Å². The Labute approximate surface area is 127 Å². The second-order valence-corrected chi connectivity index (χ2v) is 6.16. The molecular formula is C15H23NOS2. The number of thiol groups is 2. The first-order valence-electron chi connectivity index (χ1n) is 6.90. The van der Waals surface area contributed by atoms with E-state index in [0.29, 0.717) is 11.3 Å². The Bertz CT molecular complexity index is 382. The van der Waals surface area contributed by atoms with Crippen LogP contribution in [-0.4, -0.2) is 35.6 Å². The number of ether oxygens (including phenoxy) is 1. The Morgan fingerprint density at radius 3 is 2.68 bits per heavy atom. The highest BCUT2D eigenvalue weighted by atomic mass is 32.1. The quantitative estimate of drug-likeness (QED) is 0.809. The van der Waals surface area contributed by atoms with Crippen LogP contribution >= 0.6 is 25.3 Å². The molecule has 2 atom stereocenters. The van der Waals surface area contributed by atoms with Crippen LogP contribution in [0.25, 0.3) is 0 Å². The first kappa shape index (κ1) is 15.1. The fraction of sp³-hybridized carbons (Fsp3) is 0.600. The van der Waals surface area contributed by atoms with E-state index in [4.69, 9.17) is 17.4 Å². The molecule has 0 bridgehead atoms. The van der Waals surface area contributed by atoms with Gasteiger partial charge in [0.25, 0.3) is 0 Å². The third kappa shape index (κ3) is 4.07. The molecule has 1 heterocycles. The molecule has 0 N–H and O–H groups in total. The molecule has 4 heteroatoms. The first-order chi connectivity index (χ1) is 9.24. The topological polar surface area (TPSA) is 12.5 Å². The predicted octanol–water partition coefficient (Wildman–Crippen LogP) is 3.28.